The van der Waals surface area contributed by atoms with Crippen LogP contribution in [0.2, 0.25) is 0 Å². The monoisotopic (exact) mass is 354 g/mol. The maximum atomic E-state index is 13.8. The predicted octanol–water partition coefficient (Wildman–Crippen LogP) is 3.85. The molecule has 2 fully saturated rings. The summed E-state index contributed by atoms with van der Waals surface area (Å²) in [5.74, 6) is -2.08. The largest absolute Gasteiger partial charge is 0.385 e. The van der Waals surface area contributed by atoms with E-state index in [1.165, 1.54) is 5.56 Å². The second-order valence-electron chi connectivity index (χ2n) is 7.41. The van der Waals surface area contributed by atoms with Crippen molar-refractivity contribution in [3.05, 3.63) is 70.8 Å². The molecule has 0 amide bonds. The van der Waals surface area contributed by atoms with Gasteiger partial charge in [0.1, 0.15) is 0 Å². The third-order valence-corrected chi connectivity index (χ3v) is 5.81. The highest BCUT2D eigenvalue weighted by Gasteiger charge is 2.49. The summed E-state index contributed by atoms with van der Waals surface area (Å²) in [6.07, 6.45) is 2.78. The van der Waals surface area contributed by atoms with Crippen LogP contribution < -0.4 is 0 Å². The van der Waals surface area contributed by atoms with E-state index in [1.54, 1.807) is 0 Å². The van der Waals surface area contributed by atoms with E-state index in [4.69, 9.17) is 0 Å². The van der Waals surface area contributed by atoms with E-state index in [0.717, 1.165) is 31.5 Å². The van der Waals surface area contributed by atoms with Crippen molar-refractivity contribution in [3.63, 3.8) is 0 Å². The van der Waals surface area contributed by atoms with Gasteiger partial charge in [0.25, 0.3) is 0 Å². The molecule has 0 aliphatic carbocycles. The van der Waals surface area contributed by atoms with Gasteiger partial charge in [-0.25, -0.2) is 8.78 Å². The molecule has 2 aliphatic heterocycles. The van der Waals surface area contributed by atoms with Crippen LogP contribution in [-0.4, -0.2) is 22.1 Å². The van der Waals surface area contributed by atoms with Gasteiger partial charge in [-0.1, -0.05) is 30.3 Å². The Morgan fingerprint density at radius 2 is 1.69 bits per heavy atom. The molecule has 2 aromatic carbocycles. The van der Waals surface area contributed by atoms with Gasteiger partial charge in [0.15, 0.2) is 11.6 Å². The summed E-state index contributed by atoms with van der Waals surface area (Å²) in [6.45, 7) is 0.815. The van der Waals surface area contributed by atoms with Crippen LogP contribution in [0.4, 0.5) is 8.78 Å². The average Bonchev–Trinajstić information content (AvgIpc) is 2.88. The lowest BCUT2D eigenvalue weighted by molar-refractivity contribution is -0.0598. The molecule has 2 aliphatic rings. The molecule has 0 spiro atoms. The summed E-state index contributed by atoms with van der Waals surface area (Å²) in [5, 5.41) is 20.6. The normalized spacial score (nSPS) is 28.1. The van der Waals surface area contributed by atoms with Crippen LogP contribution in [0.25, 0.3) is 0 Å². The standard InChI is InChI=1S/C21H20F2N2O/c22-19-8-15(12-24)18(9-20(19)23)21(26)10-16-6-7-17(11-21)25(16)13-14-4-2-1-3-5-14/h1-5,8-9,16-17,26H,6-7,10-11,13H2. The second kappa shape index (κ2) is 6.46. The zero-order valence-corrected chi connectivity index (χ0v) is 14.3. The molecule has 2 bridgehead atoms. The van der Waals surface area contributed by atoms with Crippen molar-refractivity contribution in [3.8, 4) is 6.07 Å². The van der Waals surface area contributed by atoms with Crippen molar-refractivity contribution in [2.24, 2.45) is 0 Å². The predicted molar refractivity (Wildman–Crippen MR) is 93.0 cm³/mol. The van der Waals surface area contributed by atoms with Gasteiger partial charge >= 0.3 is 0 Å². The third-order valence-electron chi connectivity index (χ3n) is 5.81. The number of halogens is 2. The Bertz CT molecular complexity index is 848. The van der Waals surface area contributed by atoms with E-state index in [9.17, 15) is 19.1 Å². The first-order chi connectivity index (χ1) is 12.5. The van der Waals surface area contributed by atoms with Gasteiger partial charge in [0.2, 0.25) is 0 Å². The Kier molecular flexibility index (Phi) is 4.26. The van der Waals surface area contributed by atoms with E-state index >= 15 is 0 Å². The van der Waals surface area contributed by atoms with Gasteiger partial charge in [-0.2, -0.15) is 5.26 Å². The number of hydrogen-bond donors (Lipinski definition) is 1. The molecule has 2 heterocycles. The van der Waals surface area contributed by atoms with Gasteiger partial charge in [-0.3, -0.25) is 4.90 Å². The fraction of sp³-hybridized carbons (Fsp3) is 0.381. The van der Waals surface area contributed by atoms with E-state index in [1.807, 2.05) is 24.3 Å². The molecular weight excluding hydrogens is 334 g/mol. The molecule has 26 heavy (non-hydrogen) atoms. The lowest BCUT2D eigenvalue weighted by Gasteiger charge is -2.44. The van der Waals surface area contributed by atoms with Gasteiger partial charge in [0, 0.05) is 24.2 Å². The van der Waals surface area contributed by atoms with Crippen molar-refractivity contribution in [2.75, 3.05) is 0 Å². The minimum atomic E-state index is -1.29. The van der Waals surface area contributed by atoms with E-state index < -0.39 is 17.2 Å². The van der Waals surface area contributed by atoms with Gasteiger partial charge in [0.05, 0.1) is 17.2 Å². The van der Waals surface area contributed by atoms with E-state index in [-0.39, 0.29) is 23.2 Å². The molecule has 2 saturated heterocycles. The molecule has 5 heteroatoms. The maximum Gasteiger partial charge on any atom is 0.160 e. The first kappa shape index (κ1) is 17.1. The third kappa shape index (κ3) is 2.90. The molecule has 4 rings (SSSR count). The molecule has 0 radical (unpaired) electrons. The highest BCUT2D eigenvalue weighted by molar-refractivity contribution is 5.43. The van der Waals surface area contributed by atoms with Crippen LogP contribution in [0.3, 0.4) is 0 Å². The SMILES string of the molecule is N#Cc1cc(F)c(F)cc1C1(O)CC2CCC(C1)N2Cc1ccccc1. The fourth-order valence-electron chi connectivity index (χ4n) is 4.61. The number of benzene rings is 2. The maximum absolute atomic E-state index is 13.8. The molecule has 3 nitrogen and oxygen atoms in total. The zero-order chi connectivity index (χ0) is 18.3. The van der Waals surface area contributed by atoms with E-state index in [2.05, 4.69) is 17.0 Å². The number of nitrogens with zero attached hydrogens (tertiary/aromatic N) is 2. The molecule has 2 atom stereocenters. The van der Waals surface area contributed by atoms with Crippen LogP contribution in [0.1, 0.15) is 42.4 Å². The summed E-state index contributed by atoms with van der Waals surface area (Å²) in [6, 6.07) is 14.3. The number of nitriles is 1. The summed E-state index contributed by atoms with van der Waals surface area (Å²) >= 11 is 0. The highest BCUT2D eigenvalue weighted by Crippen LogP contribution is 2.47. The average molecular weight is 354 g/mol. The lowest BCUT2D eigenvalue weighted by Crippen LogP contribution is -2.49. The minimum absolute atomic E-state index is 0.0160. The number of aliphatic hydroxyl groups is 1. The summed E-state index contributed by atoms with van der Waals surface area (Å²) < 4.78 is 27.3. The Hall–Kier alpha value is -2.29. The number of piperidine rings is 1. The quantitative estimate of drug-likeness (QED) is 0.911. The minimum Gasteiger partial charge on any atom is -0.385 e. The Morgan fingerprint density at radius 3 is 2.31 bits per heavy atom. The first-order valence-electron chi connectivity index (χ1n) is 8.92. The van der Waals surface area contributed by atoms with Crippen molar-refractivity contribution < 1.29 is 13.9 Å². The van der Waals surface area contributed by atoms with Crippen molar-refractivity contribution in [2.45, 2.75) is 49.9 Å². The Labute approximate surface area is 151 Å². The second-order valence-corrected chi connectivity index (χ2v) is 7.41. The summed E-state index contributed by atoms with van der Waals surface area (Å²) in [7, 11) is 0. The Balaban J connectivity index is 1.62. The van der Waals surface area contributed by atoms with Crippen LogP contribution in [0, 0.1) is 23.0 Å². The fourth-order valence-corrected chi connectivity index (χ4v) is 4.61. The first-order valence-corrected chi connectivity index (χ1v) is 8.92. The van der Waals surface area contributed by atoms with E-state index in [0.29, 0.717) is 12.8 Å². The molecule has 1 N–H and O–H groups in total. The van der Waals surface area contributed by atoms with Crippen molar-refractivity contribution in [1.82, 2.24) is 4.90 Å². The molecule has 2 unspecified atom stereocenters. The smallest absolute Gasteiger partial charge is 0.160 e. The zero-order valence-electron chi connectivity index (χ0n) is 14.3. The van der Waals surface area contributed by atoms with Crippen LogP contribution >= 0.6 is 0 Å². The van der Waals surface area contributed by atoms with Crippen LogP contribution in [-0.2, 0) is 12.1 Å². The number of fused-ring (bicyclic) bond motifs is 2. The number of rotatable bonds is 3. The van der Waals surface area contributed by atoms with Crippen molar-refractivity contribution >= 4 is 0 Å². The van der Waals surface area contributed by atoms with Crippen LogP contribution in [0.5, 0.6) is 0 Å². The number of hydrogen-bond acceptors (Lipinski definition) is 3. The van der Waals surface area contributed by atoms with Gasteiger partial charge in [-0.15, -0.1) is 0 Å². The molecule has 134 valence electrons. The highest BCUT2D eigenvalue weighted by atomic mass is 19.2. The summed E-state index contributed by atoms with van der Waals surface area (Å²) in [4.78, 5) is 2.40. The van der Waals surface area contributed by atoms with Crippen LogP contribution in [0.15, 0.2) is 42.5 Å². The lowest BCUT2D eigenvalue weighted by atomic mass is 9.78. The molecule has 2 aromatic rings. The molecule has 0 saturated carbocycles. The van der Waals surface area contributed by atoms with Gasteiger partial charge in [-0.05, 0) is 43.4 Å². The van der Waals surface area contributed by atoms with Gasteiger partial charge < -0.3 is 5.11 Å². The molecular formula is C21H20F2N2O. The van der Waals surface area contributed by atoms with Crippen molar-refractivity contribution in [1.29, 1.82) is 5.26 Å². The topological polar surface area (TPSA) is 47.3 Å². The Morgan fingerprint density at radius 1 is 1.08 bits per heavy atom. The summed E-state index contributed by atoms with van der Waals surface area (Å²) in [5.41, 5.74) is 0.163. The molecule has 0 aromatic heterocycles.